The van der Waals surface area contributed by atoms with Crippen LogP contribution in [0.15, 0.2) is 42.5 Å². The lowest BCUT2D eigenvalue weighted by Gasteiger charge is -2.10. The first kappa shape index (κ1) is 21.0. The van der Waals surface area contributed by atoms with Crippen LogP contribution < -0.4 is 14.8 Å². The Labute approximate surface area is 163 Å². The van der Waals surface area contributed by atoms with E-state index >= 15 is 0 Å². The number of methoxy groups -OCH3 is 2. The highest BCUT2D eigenvalue weighted by atomic mass is 16.5. The van der Waals surface area contributed by atoms with Crippen molar-refractivity contribution < 1.29 is 28.6 Å². The van der Waals surface area contributed by atoms with E-state index in [0.29, 0.717) is 29.2 Å². The molecule has 148 valence electrons. The van der Waals surface area contributed by atoms with Crippen LogP contribution in [0, 0.1) is 0 Å². The first-order valence-electron chi connectivity index (χ1n) is 8.80. The summed E-state index contributed by atoms with van der Waals surface area (Å²) in [6.07, 6.45) is 1.19. The Morgan fingerprint density at radius 1 is 0.964 bits per heavy atom. The minimum Gasteiger partial charge on any atom is -0.497 e. The van der Waals surface area contributed by atoms with Crippen molar-refractivity contribution in [2.45, 2.75) is 19.8 Å². The predicted octanol–water partition coefficient (Wildman–Crippen LogP) is 3.48. The van der Waals surface area contributed by atoms with Gasteiger partial charge in [-0.15, -0.1) is 0 Å². The molecular formula is C21H23NO6. The fourth-order valence-electron chi connectivity index (χ4n) is 2.46. The number of ketones is 1. The van der Waals surface area contributed by atoms with E-state index in [1.165, 1.54) is 20.3 Å². The van der Waals surface area contributed by atoms with Crippen LogP contribution in [0.5, 0.6) is 11.5 Å². The molecule has 0 fully saturated rings. The van der Waals surface area contributed by atoms with Crippen molar-refractivity contribution in [3.63, 3.8) is 0 Å². The second-order valence-corrected chi connectivity index (χ2v) is 5.94. The number of hydrogen-bond acceptors (Lipinski definition) is 6. The van der Waals surface area contributed by atoms with Gasteiger partial charge in [-0.1, -0.05) is 6.92 Å². The van der Waals surface area contributed by atoms with Crippen LogP contribution in [0.2, 0.25) is 0 Å². The van der Waals surface area contributed by atoms with Crippen molar-refractivity contribution in [3.05, 3.63) is 53.6 Å². The minimum atomic E-state index is -0.687. The van der Waals surface area contributed by atoms with Crippen LogP contribution in [-0.2, 0) is 9.53 Å². The lowest BCUT2D eigenvalue weighted by Crippen LogP contribution is -2.15. The van der Waals surface area contributed by atoms with Gasteiger partial charge in [-0.25, -0.2) is 4.79 Å². The largest absolute Gasteiger partial charge is 0.497 e. The second kappa shape index (κ2) is 10.1. The molecule has 0 aromatic heterocycles. The summed E-state index contributed by atoms with van der Waals surface area (Å²) >= 11 is 0. The summed E-state index contributed by atoms with van der Waals surface area (Å²) in [5.74, 6) is -0.331. The van der Waals surface area contributed by atoms with Crippen molar-refractivity contribution in [2.75, 3.05) is 26.1 Å². The first-order chi connectivity index (χ1) is 13.5. The molecule has 0 aliphatic heterocycles. The molecule has 28 heavy (non-hydrogen) atoms. The summed E-state index contributed by atoms with van der Waals surface area (Å²) in [6, 6.07) is 11.1. The van der Waals surface area contributed by atoms with E-state index in [-0.39, 0.29) is 17.3 Å². The van der Waals surface area contributed by atoms with Gasteiger partial charge < -0.3 is 19.5 Å². The van der Waals surface area contributed by atoms with Gasteiger partial charge in [0, 0.05) is 17.7 Å². The Balaban J connectivity index is 1.98. The van der Waals surface area contributed by atoms with Gasteiger partial charge in [-0.2, -0.15) is 0 Å². The Hall–Kier alpha value is -3.35. The van der Waals surface area contributed by atoms with Crippen molar-refractivity contribution in [2.24, 2.45) is 0 Å². The van der Waals surface area contributed by atoms with Crippen LogP contribution in [0.3, 0.4) is 0 Å². The topological polar surface area (TPSA) is 90.9 Å². The number of benzene rings is 2. The zero-order chi connectivity index (χ0) is 20.5. The normalized spacial score (nSPS) is 10.1. The average Bonchev–Trinajstić information content (AvgIpc) is 2.71. The number of esters is 1. The van der Waals surface area contributed by atoms with Gasteiger partial charge in [0.2, 0.25) is 5.91 Å². The molecule has 1 amide bonds. The van der Waals surface area contributed by atoms with E-state index in [1.807, 2.05) is 6.92 Å². The third-order valence-electron chi connectivity index (χ3n) is 3.93. The fraction of sp³-hybridized carbons (Fsp3) is 0.286. The van der Waals surface area contributed by atoms with Gasteiger partial charge in [0.1, 0.15) is 17.1 Å². The molecule has 1 N–H and O–H groups in total. The number of nitrogens with one attached hydrogen (secondary N) is 1. The maximum atomic E-state index is 12.3. The lowest BCUT2D eigenvalue weighted by atomic mass is 10.1. The summed E-state index contributed by atoms with van der Waals surface area (Å²) in [7, 11) is 2.92. The number of carbonyl (C=O) groups excluding carboxylic acids is 3. The number of carbonyl (C=O) groups is 3. The number of ether oxygens (including phenoxy) is 3. The second-order valence-electron chi connectivity index (χ2n) is 5.94. The number of rotatable bonds is 9. The highest BCUT2D eigenvalue weighted by Gasteiger charge is 2.17. The molecule has 2 rings (SSSR count). The Kier molecular flexibility index (Phi) is 7.56. The maximum Gasteiger partial charge on any atom is 0.342 e. The molecule has 0 saturated heterocycles. The molecule has 2 aromatic rings. The molecule has 7 nitrogen and oxygen atoms in total. The van der Waals surface area contributed by atoms with Crippen molar-refractivity contribution in [3.8, 4) is 11.5 Å². The molecule has 0 aliphatic rings. The molecule has 0 spiro atoms. The van der Waals surface area contributed by atoms with Gasteiger partial charge in [-0.3, -0.25) is 9.59 Å². The fourth-order valence-corrected chi connectivity index (χ4v) is 2.46. The summed E-state index contributed by atoms with van der Waals surface area (Å²) in [6.45, 7) is 1.50. The summed E-state index contributed by atoms with van der Waals surface area (Å²) in [4.78, 5) is 36.2. The monoisotopic (exact) mass is 385 g/mol. The molecule has 0 unspecified atom stereocenters. The van der Waals surface area contributed by atoms with E-state index < -0.39 is 12.6 Å². The predicted molar refractivity (Wildman–Crippen MR) is 104 cm³/mol. The zero-order valence-corrected chi connectivity index (χ0v) is 16.1. The van der Waals surface area contributed by atoms with Crippen molar-refractivity contribution in [1.29, 1.82) is 0 Å². The molecule has 0 saturated carbocycles. The van der Waals surface area contributed by atoms with Gasteiger partial charge in [-0.05, 0) is 48.9 Å². The summed E-state index contributed by atoms with van der Waals surface area (Å²) in [5, 5.41) is 2.74. The maximum absolute atomic E-state index is 12.3. The van der Waals surface area contributed by atoms with Crippen LogP contribution in [0.4, 0.5) is 5.69 Å². The molecule has 0 radical (unpaired) electrons. The molecule has 0 atom stereocenters. The quantitative estimate of drug-likeness (QED) is 0.525. The van der Waals surface area contributed by atoms with Crippen LogP contribution in [-0.4, -0.2) is 38.5 Å². The molecule has 0 bridgehead atoms. The first-order valence-corrected chi connectivity index (χ1v) is 8.80. The third-order valence-corrected chi connectivity index (χ3v) is 3.93. The molecule has 0 aliphatic carbocycles. The smallest absolute Gasteiger partial charge is 0.342 e. The minimum absolute atomic E-state index is 0.0808. The van der Waals surface area contributed by atoms with Gasteiger partial charge in [0.15, 0.2) is 12.4 Å². The van der Waals surface area contributed by atoms with E-state index in [9.17, 15) is 14.4 Å². The standard InChI is InChI=1S/C21H23NO6/c1-4-5-20(24)22-15-8-6-14(7-9-15)18(23)13-28-21(25)17-12-16(26-2)10-11-19(17)27-3/h6-12H,4-5,13H2,1-3H3,(H,22,24). The van der Waals surface area contributed by atoms with Crippen LogP contribution in [0.1, 0.15) is 40.5 Å². The van der Waals surface area contributed by atoms with E-state index in [4.69, 9.17) is 14.2 Å². The molecule has 2 aromatic carbocycles. The van der Waals surface area contributed by atoms with Gasteiger partial charge >= 0.3 is 5.97 Å². The van der Waals surface area contributed by atoms with Gasteiger partial charge in [0.05, 0.1) is 14.2 Å². The highest BCUT2D eigenvalue weighted by molar-refractivity contribution is 6.00. The number of amides is 1. The highest BCUT2D eigenvalue weighted by Crippen LogP contribution is 2.24. The summed E-state index contributed by atoms with van der Waals surface area (Å²) in [5.41, 5.74) is 1.15. The number of Topliss-reactive ketones (excluding diaryl/α,β-unsaturated/α-hetero) is 1. The average molecular weight is 385 g/mol. The molecule has 0 heterocycles. The lowest BCUT2D eigenvalue weighted by molar-refractivity contribution is -0.116. The SMILES string of the molecule is CCCC(=O)Nc1ccc(C(=O)COC(=O)c2cc(OC)ccc2OC)cc1. The Bertz CT molecular complexity index is 844. The Morgan fingerprint density at radius 2 is 1.68 bits per heavy atom. The molecular weight excluding hydrogens is 362 g/mol. The summed E-state index contributed by atoms with van der Waals surface area (Å²) < 4.78 is 15.4. The van der Waals surface area contributed by atoms with Crippen molar-refractivity contribution >= 4 is 23.3 Å². The van der Waals surface area contributed by atoms with Crippen molar-refractivity contribution in [1.82, 2.24) is 0 Å². The van der Waals surface area contributed by atoms with Gasteiger partial charge in [0.25, 0.3) is 0 Å². The number of hydrogen-bond donors (Lipinski definition) is 1. The van der Waals surface area contributed by atoms with E-state index in [0.717, 1.165) is 6.42 Å². The molecule has 7 heteroatoms. The van der Waals surface area contributed by atoms with E-state index in [2.05, 4.69) is 5.32 Å². The Morgan fingerprint density at radius 3 is 2.29 bits per heavy atom. The third kappa shape index (κ3) is 5.57. The van der Waals surface area contributed by atoms with Crippen LogP contribution >= 0.6 is 0 Å². The van der Waals surface area contributed by atoms with E-state index in [1.54, 1.807) is 36.4 Å². The number of anilines is 1. The van der Waals surface area contributed by atoms with Crippen LogP contribution in [0.25, 0.3) is 0 Å². The zero-order valence-electron chi connectivity index (χ0n) is 16.1.